The van der Waals surface area contributed by atoms with E-state index in [2.05, 4.69) is 22.6 Å². The fourth-order valence-corrected chi connectivity index (χ4v) is 9.51. The van der Waals surface area contributed by atoms with Crippen molar-refractivity contribution in [2.45, 2.75) is 24.2 Å². The maximum absolute atomic E-state index is 15.2. The van der Waals surface area contributed by atoms with E-state index < -0.39 is 46.8 Å². The van der Waals surface area contributed by atoms with Gasteiger partial charge in [-0.05, 0) is 107 Å². The van der Waals surface area contributed by atoms with Crippen LogP contribution in [-0.4, -0.2) is 28.7 Å². The van der Waals surface area contributed by atoms with Gasteiger partial charge in [-0.15, -0.1) is 0 Å². The second kappa shape index (κ2) is 11.6. The normalized spacial score (nSPS) is 27.9. The molecule has 240 valence electrons. The molecule has 0 aromatic heterocycles. The number of phenolic OH excluding ortho intramolecular Hbond substituents is 1. The number of rotatable bonds is 4. The maximum Gasteiger partial charge on any atom is 0.246 e. The Labute approximate surface area is 300 Å². The van der Waals surface area contributed by atoms with Crippen LogP contribution < -0.4 is 9.80 Å². The van der Waals surface area contributed by atoms with Gasteiger partial charge in [0.2, 0.25) is 23.6 Å². The molecule has 1 N–H and O–H groups in total. The zero-order valence-electron chi connectivity index (χ0n) is 25.2. The van der Waals surface area contributed by atoms with Gasteiger partial charge in [0.15, 0.2) is 0 Å². The predicted molar refractivity (Wildman–Crippen MR) is 191 cm³/mol. The van der Waals surface area contributed by atoms with E-state index in [9.17, 15) is 19.5 Å². The number of carbonyl (C=O) groups excluding carboxylic acids is 4. The lowest BCUT2D eigenvalue weighted by molar-refractivity contribution is -0.127. The number of aromatic hydroxyl groups is 1. The molecule has 1 saturated carbocycles. The van der Waals surface area contributed by atoms with Gasteiger partial charge in [-0.25, -0.2) is 4.90 Å². The van der Waals surface area contributed by atoms with E-state index in [1.165, 1.54) is 21.9 Å². The molecule has 0 unspecified atom stereocenters. The number of nitrogens with zero attached hydrogens (tertiary/aromatic N) is 2. The van der Waals surface area contributed by atoms with Gasteiger partial charge < -0.3 is 5.11 Å². The molecule has 3 fully saturated rings. The summed E-state index contributed by atoms with van der Waals surface area (Å²) < 4.78 is 0.976. The van der Waals surface area contributed by atoms with Gasteiger partial charge in [0, 0.05) is 19.5 Å². The number of carbonyl (C=O) groups is 4. The number of hydrogen-bond donors (Lipinski definition) is 1. The minimum atomic E-state index is -1.45. The number of anilines is 2. The highest BCUT2D eigenvalue weighted by Gasteiger charge is 2.70. The van der Waals surface area contributed by atoms with Crippen LogP contribution in [0.1, 0.15) is 29.9 Å². The highest BCUT2D eigenvalue weighted by Crippen LogP contribution is 2.65. The third-order valence-electron chi connectivity index (χ3n) is 10.5. The van der Waals surface area contributed by atoms with Crippen LogP contribution in [0.15, 0.2) is 109 Å². The first-order valence-electron chi connectivity index (χ1n) is 15.6. The molecule has 0 spiro atoms. The van der Waals surface area contributed by atoms with Crippen molar-refractivity contribution in [3.05, 3.63) is 133 Å². The molecule has 10 heteroatoms. The van der Waals surface area contributed by atoms with Crippen LogP contribution >= 0.6 is 45.8 Å². The Balaban J connectivity index is 1.36. The Kier molecular flexibility index (Phi) is 7.54. The summed E-state index contributed by atoms with van der Waals surface area (Å²) in [6.45, 7) is 0. The highest BCUT2D eigenvalue weighted by atomic mass is 127. The van der Waals surface area contributed by atoms with E-state index in [0.29, 0.717) is 33.9 Å². The zero-order chi connectivity index (χ0) is 33.5. The Morgan fingerprint density at radius 1 is 0.750 bits per heavy atom. The SMILES string of the molecule is O=C1[C@H]2[C@H](CC=C3[C@H]2C[C@H]2C(=O)N(c4cccc(Cl)c4)C(=O)[C@@]2(c2ccccc2)[C@H]3c2ccc(O)cc2Cl)C(=O)N1c1ccc(I)cc1. The minimum Gasteiger partial charge on any atom is -0.508 e. The topological polar surface area (TPSA) is 95.0 Å². The standard InChI is InChI=1S/C38H27Cl2IN2O5/c39-21-7-4-8-24(17-21)43-35(46)30-19-29-26(15-16-28-32(29)36(47)42(34(28)45)23-11-9-22(41)10-12-23)33(27-14-13-25(44)18-31(27)40)38(30,37(43)48)20-5-2-1-3-6-20/h1-15,17-18,28-30,32-33,44H,16,19H2/t28-,29+,30-,32-,33+,38+/m0/s1. The van der Waals surface area contributed by atoms with Crippen molar-refractivity contribution in [3.63, 3.8) is 0 Å². The van der Waals surface area contributed by atoms with Crippen LogP contribution in [-0.2, 0) is 24.6 Å². The summed E-state index contributed by atoms with van der Waals surface area (Å²) in [5.41, 5.74) is 1.40. The largest absolute Gasteiger partial charge is 0.508 e. The second-order valence-electron chi connectivity index (χ2n) is 12.8. The van der Waals surface area contributed by atoms with Crippen molar-refractivity contribution in [2.75, 3.05) is 9.80 Å². The Bertz CT molecular complexity index is 2070. The molecule has 0 bridgehead atoms. The monoisotopic (exact) mass is 788 g/mol. The van der Waals surface area contributed by atoms with Crippen LogP contribution in [0.3, 0.4) is 0 Å². The molecular formula is C38H27Cl2IN2O5. The maximum atomic E-state index is 15.2. The summed E-state index contributed by atoms with van der Waals surface area (Å²) in [4.78, 5) is 60.9. The number of benzene rings is 4. The predicted octanol–water partition coefficient (Wildman–Crippen LogP) is 7.67. The van der Waals surface area contributed by atoms with E-state index in [1.807, 2.05) is 48.5 Å². The number of amides is 4. The van der Waals surface area contributed by atoms with Crippen LogP contribution in [0, 0.1) is 27.2 Å². The molecule has 2 heterocycles. The summed E-state index contributed by atoms with van der Waals surface area (Å²) in [6.07, 6.45) is 2.46. The van der Waals surface area contributed by atoms with Crippen molar-refractivity contribution >= 4 is 80.8 Å². The average molecular weight is 789 g/mol. The molecule has 4 amide bonds. The highest BCUT2D eigenvalue weighted by molar-refractivity contribution is 14.1. The Morgan fingerprint density at radius 3 is 2.21 bits per heavy atom. The quantitative estimate of drug-likeness (QED) is 0.130. The van der Waals surface area contributed by atoms with E-state index in [1.54, 1.807) is 42.5 Å². The number of halogens is 3. The third kappa shape index (κ3) is 4.45. The van der Waals surface area contributed by atoms with Crippen molar-refractivity contribution in [2.24, 2.45) is 23.7 Å². The number of phenols is 1. The summed E-state index contributed by atoms with van der Waals surface area (Å²) in [6, 6.07) is 27.8. The molecule has 6 atom stereocenters. The number of fused-ring (bicyclic) bond motifs is 4. The molecule has 4 aromatic rings. The van der Waals surface area contributed by atoms with E-state index in [4.69, 9.17) is 23.2 Å². The number of allylic oxidation sites excluding steroid dienone is 2. The molecule has 0 radical (unpaired) electrons. The summed E-state index contributed by atoms with van der Waals surface area (Å²) in [5.74, 6) is -5.00. The number of hydrogen-bond acceptors (Lipinski definition) is 5. The first kappa shape index (κ1) is 31.3. The lowest BCUT2D eigenvalue weighted by Crippen LogP contribution is -2.53. The molecule has 48 heavy (non-hydrogen) atoms. The minimum absolute atomic E-state index is 0.0433. The Morgan fingerprint density at radius 2 is 1.50 bits per heavy atom. The van der Waals surface area contributed by atoms with Crippen LogP contribution in [0.2, 0.25) is 10.0 Å². The van der Waals surface area contributed by atoms with E-state index in [0.717, 1.165) is 9.14 Å². The first-order chi connectivity index (χ1) is 23.1. The van der Waals surface area contributed by atoms with E-state index in [-0.39, 0.29) is 29.0 Å². The van der Waals surface area contributed by atoms with Gasteiger partial charge in [-0.3, -0.25) is 24.1 Å². The van der Waals surface area contributed by atoms with Crippen molar-refractivity contribution in [3.8, 4) is 5.75 Å². The summed E-state index contributed by atoms with van der Waals surface area (Å²) in [7, 11) is 0. The molecule has 4 aromatic carbocycles. The van der Waals surface area contributed by atoms with Crippen LogP contribution in [0.5, 0.6) is 5.75 Å². The van der Waals surface area contributed by atoms with Gasteiger partial charge in [-0.2, -0.15) is 0 Å². The summed E-state index contributed by atoms with van der Waals surface area (Å²) in [5, 5.41) is 11.0. The molecule has 4 aliphatic rings. The summed E-state index contributed by atoms with van der Waals surface area (Å²) >= 11 is 15.5. The average Bonchev–Trinajstić information content (AvgIpc) is 3.46. The van der Waals surface area contributed by atoms with Crippen molar-refractivity contribution in [1.82, 2.24) is 0 Å². The lowest BCUT2D eigenvalue weighted by Gasteiger charge is -2.51. The van der Waals surface area contributed by atoms with Crippen LogP contribution in [0.4, 0.5) is 11.4 Å². The third-order valence-corrected chi connectivity index (χ3v) is 11.8. The van der Waals surface area contributed by atoms with E-state index >= 15 is 4.79 Å². The molecule has 2 aliphatic carbocycles. The van der Waals surface area contributed by atoms with Gasteiger partial charge >= 0.3 is 0 Å². The van der Waals surface area contributed by atoms with Crippen molar-refractivity contribution in [1.29, 1.82) is 0 Å². The van der Waals surface area contributed by atoms with Gasteiger partial charge in [-0.1, -0.05) is 77.3 Å². The molecule has 7 nitrogen and oxygen atoms in total. The van der Waals surface area contributed by atoms with Gasteiger partial charge in [0.1, 0.15) is 5.75 Å². The molecule has 8 rings (SSSR count). The zero-order valence-corrected chi connectivity index (χ0v) is 28.9. The smallest absolute Gasteiger partial charge is 0.246 e. The van der Waals surface area contributed by atoms with Gasteiger partial charge in [0.25, 0.3) is 0 Å². The first-order valence-corrected chi connectivity index (χ1v) is 17.5. The number of imide groups is 2. The van der Waals surface area contributed by atoms with Gasteiger partial charge in [0.05, 0.1) is 34.5 Å². The lowest BCUT2D eigenvalue weighted by atomic mass is 9.49. The fourth-order valence-electron chi connectivity index (χ4n) is 8.68. The fraction of sp³-hybridized carbons (Fsp3) is 0.211. The second-order valence-corrected chi connectivity index (χ2v) is 14.9. The molecular weight excluding hydrogens is 762 g/mol. The molecule has 2 saturated heterocycles. The van der Waals surface area contributed by atoms with Crippen molar-refractivity contribution < 1.29 is 24.3 Å². The Hall–Kier alpha value is -3.99. The van der Waals surface area contributed by atoms with Crippen LogP contribution in [0.25, 0.3) is 0 Å². The molecule has 2 aliphatic heterocycles.